The number of rotatable bonds is 5. The van der Waals surface area contributed by atoms with E-state index in [1.54, 1.807) is 12.1 Å². The van der Waals surface area contributed by atoms with Crippen molar-refractivity contribution in [3.05, 3.63) is 240 Å². The number of benzene rings is 8. The third kappa shape index (κ3) is 6.99. The topological polar surface area (TPSA) is 33.6 Å². The highest BCUT2D eigenvalue weighted by molar-refractivity contribution is 6.13. The van der Waals surface area contributed by atoms with E-state index in [9.17, 15) is 5.26 Å². The molecule has 0 saturated carbocycles. The molecule has 324 valence electrons. The molecule has 0 bridgehead atoms. The first-order chi connectivity index (χ1) is 33.3. The molecule has 0 aliphatic heterocycles. The molecule has 0 spiro atoms. The summed E-state index contributed by atoms with van der Waals surface area (Å²) < 4.78 is 52.1. The van der Waals surface area contributed by atoms with Crippen LogP contribution in [-0.4, -0.2) is 9.13 Å². The summed E-state index contributed by atoms with van der Waals surface area (Å²) >= 11 is 0. The van der Waals surface area contributed by atoms with Crippen LogP contribution in [0.15, 0.2) is 218 Å². The smallest absolute Gasteiger partial charge is 0.308 e. The quantitative estimate of drug-likeness (QED) is 0.170. The molecule has 0 fully saturated rings. The molecule has 68 heavy (non-hydrogen) atoms. The zero-order valence-electron chi connectivity index (χ0n) is 36.7. The third-order valence-corrected chi connectivity index (χ3v) is 13.4. The Labute approximate surface area is 390 Å². The van der Waals surface area contributed by atoms with Crippen molar-refractivity contribution < 1.29 is 13.2 Å². The van der Waals surface area contributed by atoms with Gasteiger partial charge in [-0.05, 0) is 111 Å². The lowest BCUT2D eigenvalue weighted by atomic mass is 9.96. The number of alkyl halides is 3. The molecule has 2 aliphatic carbocycles. The number of fused-ring (bicyclic) bond motifs is 6. The summed E-state index contributed by atoms with van der Waals surface area (Å²) in [5.74, 6) is 0. The predicted molar refractivity (Wildman–Crippen MR) is 273 cm³/mol. The summed E-state index contributed by atoms with van der Waals surface area (Å²) in [6, 6.07) is 57.4. The molecule has 12 rings (SSSR count). The van der Waals surface area contributed by atoms with E-state index >= 15 is 13.2 Å². The summed E-state index contributed by atoms with van der Waals surface area (Å²) in [7, 11) is 0. The van der Waals surface area contributed by atoms with Crippen molar-refractivity contribution in [2.75, 3.05) is 0 Å². The molecular formula is C62H40F3N3. The molecule has 0 radical (unpaired) electrons. The third-order valence-electron chi connectivity index (χ3n) is 13.4. The Bertz CT molecular complexity index is 3810. The Balaban J connectivity index is 1.29. The van der Waals surface area contributed by atoms with Gasteiger partial charge in [-0.15, -0.1) is 0 Å². The van der Waals surface area contributed by atoms with Gasteiger partial charge in [0.05, 0.1) is 50.6 Å². The van der Waals surface area contributed by atoms with Gasteiger partial charge in [0.1, 0.15) is 0 Å². The van der Waals surface area contributed by atoms with E-state index in [4.69, 9.17) is 0 Å². The van der Waals surface area contributed by atoms with Crippen molar-refractivity contribution in [1.29, 1.82) is 5.26 Å². The molecule has 0 atom stereocenters. The highest BCUT2D eigenvalue weighted by Crippen LogP contribution is 2.46. The molecular weight excluding hydrogens is 844 g/mol. The lowest BCUT2D eigenvalue weighted by molar-refractivity contribution is -0.137. The molecule has 0 saturated heterocycles. The first-order valence-corrected chi connectivity index (χ1v) is 22.7. The fraction of sp³-hybridized carbons (Fsp3) is 0.0484. The van der Waals surface area contributed by atoms with Crippen molar-refractivity contribution in [1.82, 2.24) is 9.13 Å². The van der Waals surface area contributed by atoms with Gasteiger partial charge >= 0.3 is 6.18 Å². The lowest BCUT2D eigenvalue weighted by Crippen LogP contribution is -2.12. The minimum absolute atomic E-state index is 0.340. The second-order valence-corrected chi connectivity index (χ2v) is 17.4. The monoisotopic (exact) mass is 883 g/mol. The number of nitrogens with zero attached hydrogens (tertiary/aromatic N) is 3. The van der Waals surface area contributed by atoms with Crippen molar-refractivity contribution >= 4 is 54.8 Å². The summed E-state index contributed by atoms with van der Waals surface area (Å²) in [5.41, 5.74) is 10.6. The largest absolute Gasteiger partial charge is 0.416 e. The zero-order valence-corrected chi connectivity index (χ0v) is 36.7. The molecule has 10 aromatic rings. The average molecular weight is 884 g/mol. The minimum Gasteiger partial charge on any atom is -0.308 e. The van der Waals surface area contributed by atoms with Gasteiger partial charge < -0.3 is 9.13 Å². The summed E-state index contributed by atoms with van der Waals surface area (Å²) in [6.45, 7) is 0. The minimum atomic E-state index is -4.74. The Morgan fingerprint density at radius 3 is 1.32 bits per heavy atom. The number of aromatic nitrogens is 2. The Hall–Kier alpha value is -8.66. The Morgan fingerprint density at radius 1 is 0.426 bits per heavy atom. The van der Waals surface area contributed by atoms with Crippen molar-refractivity contribution in [3.8, 4) is 50.8 Å². The molecule has 2 aliphatic rings. The molecule has 0 unspecified atom stereocenters. The molecule has 2 aromatic heterocycles. The first kappa shape index (κ1) is 40.8. The first-order valence-electron chi connectivity index (χ1n) is 22.7. The highest BCUT2D eigenvalue weighted by atomic mass is 19.4. The van der Waals surface area contributed by atoms with Crippen LogP contribution >= 0.6 is 0 Å². The van der Waals surface area contributed by atoms with Crippen LogP contribution in [0.1, 0.15) is 24.0 Å². The maximum Gasteiger partial charge on any atom is 0.416 e. The van der Waals surface area contributed by atoms with E-state index < -0.39 is 11.7 Å². The number of nitriles is 1. The molecule has 8 aromatic carbocycles. The molecule has 0 N–H and O–H groups in total. The predicted octanol–water partition coefficient (Wildman–Crippen LogP) is 15.1. The van der Waals surface area contributed by atoms with E-state index in [0.29, 0.717) is 28.1 Å². The number of allylic oxidation sites excluding steroid dienone is 8. The van der Waals surface area contributed by atoms with Gasteiger partial charge in [-0.1, -0.05) is 170 Å². The van der Waals surface area contributed by atoms with Crippen molar-refractivity contribution in [2.45, 2.75) is 19.0 Å². The molecule has 2 heterocycles. The van der Waals surface area contributed by atoms with Crippen molar-refractivity contribution in [2.24, 2.45) is 0 Å². The molecule has 3 nitrogen and oxygen atoms in total. The Morgan fingerprint density at radius 2 is 0.882 bits per heavy atom. The van der Waals surface area contributed by atoms with E-state index in [2.05, 4.69) is 103 Å². The van der Waals surface area contributed by atoms with Crippen LogP contribution in [0.2, 0.25) is 0 Å². The summed E-state index contributed by atoms with van der Waals surface area (Å²) in [6.07, 6.45) is 13.2. The standard InChI is InChI=1S/C62H40F3N3/c63-62(64,65)50-37-59(67-55-33-45(41-15-5-1-6-16-41)24-28-51(55)52-29-25-46(34-56(52)67)42-17-7-2-8-18-42)61(49-23-13-14-40(32-49)39-66)60(38-50)68-57-35-47(43-19-9-3-10-20-43)26-30-53(57)54-31-27-48(36-58(54)68)44-21-11-4-12-22-44/h1-19,21,23-38H,20,22H2. The molecule has 0 amide bonds. The Kier molecular flexibility index (Phi) is 9.81. The zero-order chi connectivity index (χ0) is 45.9. The van der Waals surface area contributed by atoms with Crippen molar-refractivity contribution in [3.63, 3.8) is 0 Å². The highest BCUT2D eigenvalue weighted by Gasteiger charge is 2.34. The molecule has 6 heteroatoms. The van der Waals surface area contributed by atoms with Crippen LogP contribution in [0.25, 0.3) is 99.5 Å². The van der Waals surface area contributed by atoms with Crippen LogP contribution in [-0.2, 0) is 6.18 Å². The van der Waals surface area contributed by atoms with Crippen LogP contribution in [0.4, 0.5) is 13.2 Å². The second kappa shape index (κ2) is 16.3. The maximum absolute atomic E-state index is 16.0. The second-order valence-electron chi connectivity index (χ2n) is 17.4. The normalized spacial score (nSPS) is 15.3. The fourth-order valence-electron chi connectivity index (χ4n) is 10.2. The van der Waals surface area contributed by atoms with Gasteiger partial charge in [-0.3, -0.25) is 0 Å². The van der Waals surface area contributed by atoms with E-state index in [-0.39, 0.29) is 0 Å². The SMILES string of the molecule is N#Cc1cccc(-c2c(-n3c4cc(-c5ccccc5)ccc4c4ccc(-c5ccccc5)cc43)cc(C(F)(F)F)cc2-n2c3cc(=C4C=CC=CC4)ccc3c3ccc(=C4C=CC=CC4)cc32)c1. The summed E-state index contributed by atoms with van der Waals surface area (Å²) in [5, 5.41) is 16.0. The van der Waals surface area contributed by atoms with Gasteiger partial charge in [-0.25, -0.2) is 0 Å². The van der Waals surface area contributed by atoms with E-state index in [1.165, 1.54) is 12.1 Å². The van der Waals surface area contributed by atoms with E-state index in [0.717, 1.165) is 100 Å². The van der Waals surface area contributed by atoms with Gasteiger partial charge in [0.15, 0.2) is 0 Å². The maximum atomic E-state index is 16.0. The summed E-state index contributed by atoms with van der Waals surface area (Å²) in [4.78, 5) is 0. The van der Waals surface area contributed by atoms with Gasteiger partial charge in [0.25, 0.3) is 0 Å². The van der Waals surface area contributed by atoms with Gasteiger partial charge in [-0.2, -0.15) is 18.4 Å². The van der Waals surface area contributed by atoms with E-state index in [1.807, 2.05) is 106 Å². The van der Waals surface area contributed by atoms with Crippen LogP contribution in [0.3, 0.4) is 0 Å². The number of hydrogen-bond acceptors (Lipinski definition) is 1. The fourth-order valence-corrected chi connectivity index (χ4v) is 10.2. The van der Waals surface area contributed by atoms with Gasteiger partial charge in [0.2, 0.25) is 0 Å². The average Bonchev–Trinajstić information content (AvgIpc) is 3.90. The van der Waals surface area contributed by atoms with Gasteiger partial charge in [0, 0.05) is 27.1 Å². The van der Waals surface area contributed by atoms with Crippen LogP contribution in [0, 0.1) is 11.3 Å². The number of hydrogen-bond donors (Lipinski definition) is 0. The number of halogens is 3. The lowest BCUT2D eigenvalue weighted by Gasteiger charge is -2.23. The van der Waals surface area contributed by atoms with Crippen LogP contribution < -0.4 is 10.4 Å². The van der Waals surface area contributed by atoms with Crippen LogP contribution in [0.5, 0.6) is 0 Å².